The highest BCUT2D eigenvalue weighted by molar-refractivity contribution is 6.35. The Balaban J connectivity index is 1.74. The summed E-state index contributed by atoms with van der Waals surface area (Å²) in [6.45, 7) is 2.35. The number of carbonyl (C=O) groups excluding carboxylic acids is 2. The summed E-state index contributed by atoms with van der Waals surface area (Å²) in [6, 6.07) is 11.9. The van der Waals surface area contributed by atoms with Crippen molar-refractivity contribution in [1.29, 1.82) is 0 Å². The second kappa shape index (κ2) is 7.56. The van der Waals surface area contributed by atoms with Crippen molar-refractivity contribution in [2.24, 2.45) is 5.41 Å². The summed E-state index contributed by atoms with van der Waals surface area (Å²) in [5, 5.41) is 6.36. The van der Waals surface area contributed by atoms with Crippen LogP contribution < -0.4 is 15.4 Å². The van der Waals surface area contributed by atoms with Gasteiger partial charge in [-0.3, -0.25) is 9.59 Å². The van der Waals surface area contributed by atoms with Gasteiger partial charge in [0.25, 0.3) is 0 Å². The first-order valence-electron chi connectivity index (χ1n) is 8.25. The van der Waals surface area contributed by atoms with Crippen molar-refractivity contribution < 1.29 is 14.3 Å². The zero-order valence-electron chi connectivity index (χ0n) is 14.1. The number of hydrogen-bond acceptors (Lipinski definition) is 3. The van der Waals surface area contributed by atoms with Gasteiger partial charge < -0.3 is 15.4 Å². The number of ether oxygens (including phenoxy) is 1. The molecule has 1 fully saturated rings. The van der Waals surface area contributed by atoms with Crippen LogP contribution >= 0.6 is 23.2 Å². The summed E-state index contributed by atoms with van der Waals surface area (Å²) in [7, 11) is 0. The van der Waals surface area contributed by atoms with E-state index in [4.69, 9.17) is 27.9 Å². The van der Waals surface area contributed by atoms with Crippen molar-refractivity contribution in [3.8, 4) is 5.75 Å². The molecule has 2 amide bonds. The normalized spacial score (nSPS) is 14.4. The minimum Gasteiger partial charge on any atom is -0.492 e. The van der Waals surface area contributed by atoms with Gasteiger partial charge in [-0.1, -0.05) is 35.3 Å². The molecule has 0 heterocycles. The molecular formula is C19H18Cl2N2O3. The summed E-state index contributed by atoms with van der Waals surface area (Å²) >= 11 is 11.9. The first-order valence-corrected chi connectivity index (χ1v) is 9.01. The van der Waals surface area contributed by atoms with Gasteiger partial charge in [0.2, 0.25) is 11.8 Å². The molecule has 0 aromatic heterocycles. The number of nitrogens with one attached hydrogen (secondary N) is 2. The summed E-state index contributed by atoms with van der Waals surface area (Å²) in [5.74, 6) is -0.154. The van der Waals surface area contributed by atoms with Crippen LogP contribution in [-0.4, -0.2) is 18.4 Å². The first-order chi connectivity index (χ1) is 12.4. The molecule has 1 aliphatic carbocycles. The minimum atomic E-state index is -1.09. The number of para-hydroxylation sites is 2. The number of anilines is 2. The summed E-state index contributed by atoms with van der Waals surface area (Å²) in [6.07, 6.45) is 0.964. The number of halogens is 2. The molecule has 2 aromatic carbocycles. The number of hydrogen-bond donors (Lipinski definition) is 2. The molecule has 0 saturated heterocycles. The third kappa shape index (κ3) is 3.94. The van der Waals surface area contributed by atoms with Gasteiger partial charge in [0, 0.05) is 15.7 Å². The zero-order chi connectivity index (χ0) is 18.7. The van der Waals surface area contributed by atoms with E-state index in [2.05, 4.69) is 10.6 Å². The fourth-order valence-corrected chi connectivity index (χ4v) is 3.18. The van der Waals surface area contributed by atoms with E-state index < -0.39 is 5.41 Å². The lowest BCUT2D eigenvalue weighted by molar-refractivity contribution is -0.131. The van der Waals surface area contributed by atoms with Gasteiger partial charge in [0.1, 0.15) is 11.2 Å². The van der Waals surface area contributed by atoms with Crippen LogP contribution in [0.1, 0.15) is 19.8 Å². The zero-order valence-corrected chi connectivity index (χ0v) is 15.7. The van der Waals surface area contributed by atoms with Crippen molar-refractivity contribution in [3.05, 3.63) is 52.5 Å². The standard InChI is InChI=1S/C19H18Cl2N2O3/c1-2-26-16-6-4-3-5-15(16)23-18(25)19(7-8-19)17(24)22-14-10-12(20)9-13(21)11-14/h3-6,9-11H,2,7-8H2,1H3,(H,22,24)(H,23,25). The largest absolute Gasteiger partial charge is 0.492 e. The van der Waals surface area contributed by atoms with Gasteiger partial charge in [-0.2, -0.15) is 0 Å². The van der Waals surface area contributed by atoms with E-state index in [-0.39, 0.29) is 11.8 Å². The van der Waals surface area contributed by atoms with E-state index in [1.165, 1.54) is 0 Å². The molecule has 2 N–H and O–H groups in total. The van der Waals surface area contributed by atoms with Gasteiger partial charge in [-0.25, -0.2) is 0 Å². The van der Waals surface area contributed by atoms with Gasteiger partial charge >= 0.3 is 0 Å². The number of carbonyl (C=O) groups is 2. The second-order valence-electron chi connectivity index (χ2n) is 6.08. The van der Waals surface area contributed by atoms with E-state index in [1.807, 2.05) is 13.0 Å². The Bertz CT molecular complexity index is 830. The molecule has 136 valence electrons. The molecule has 5 nitrogen and oxygen atoms in total. The topological polar surface area (TPSA) is 67.4 Å². The highest BCUT2D eigenvalue weighted by Crippen LogP contribution is 2.48. The van der Waals surface area contributed by atoms with E-state index in [0.717, 1.165) is 0 Å². The highest BCUT2D eigenvalue weighted by Gasteiger charge is 2.56. The lowest BCUT2D eigenvalue weighted by Gasteiger charge is -2.17. The van der Waals surface area contributed by atoms with E-state index in [9.17, 15) is 9.59 Å². The molecule has 0 radical (unpaired) electrons. The summed E-state index contributed by atoms with van der Waals surface area (Å²) in [5.41, 5.74) is -0.0841. The molecular weight excluding hydrogens is 375 g/mol. The van der Waals surface area contributed by atoms with E-state index in [1.54, 1.807) is 36.4 Å². The molecule has 0 bridgehead atoms. The van der Waals surface area contributed by atoms with Gasteiger partial charge in [0.15, 0.2) is 0 Å². The maximum atomic E-state index is 12.7. The van der Waals surface area contributed by atoms with Gasteiger partial charge in [0.05, 0.1) is 12.3 Å². The third-order valence-electron chi connectivity index (χ3n) is 4.17. The monoisotopic (exact) mass is 392 g/mol. The maximum Gasteiger partial charge on any atom is 0.240 e. The molecule has 2 aromatic rings. The summed E-state index contributed by atoms with van der Waals surface area (Å²) < 4.78 is 5.51. The van der Waals surface area contributed by atoms with Crippen LogP contribution in [0, 0.1) is 5.41 Å². The van der Waals surface area contributed by atoms with Crippen LogP contribution in [0.4, 0.5) is 11.4 Å². The lowest BCUT2D eigenvalue weighted by atomic mass is 10.0. The molecule has 7 heteroatoms. The molecule has 26 heavy (non-hydrogen) atoms. The van der Waals surface area contributed by atoms with Crippen LogP contribution in [0.15, 0.2) is 42.5 Å². The molecule has 0 aliphatic heterocycles. The molecule has 3 rings (SSSR count). The maximum absolute atomic E-state index is 12.7. The van der Waals surface area contributed by atoms with Gasteiger partial charge in [-0.05, 0) is 50.1 Å². The Labute approximate surface area is 161 Å². The fraction of sp³-hybridized carbons (Fsp3) is 0.263. The van der Waals surface area contributed by atoms with Crippen molar-refractivity contribution >= 4 is 46.4 Å². The second-order valence-corrected chi connectivity index (χ2v) is 6.95. The Morgan fingerprint density at radius 3 is 2.27 bits per heavy atom. The predicted octanol–water partition coefficient (Wildman–Crippen LogP) is 4.75. The molecule has 1 saturated carbocycles. The van der Waals surface area contributed by atoms with Crippen LogP contribution in [0.25, 0.3) is 0 Å². The van der Waals surface area contributed by atoms with Crippen molar-refractivity contribution in [2.75, 3.05) is 17.2 Å². The quantitative estimate of drug-likeness (QED) is 0.696. The van der Waals surface area contributed by atoms with Crippen LogP contribution in [0.5, 0.6) is 5.75 Å². The van der Waals surface area contributed by atoms with Crippen LogP contribution in [0.3, 0.4) is 0 Å². The fourth-order valence-electron chi connectivity index (χ4n) is 2.65. The smallest absolute Gasteiger partial charge is 0.240 e. The molecule has 0 unspecified atom stereocenters. The first kappa shape index (κ1) is 18.5. The van der Waals surface area contributed by atoms with Crippen molar-refractivity contribution in [1.82, 2.24) is 0 Å². The average Bonchev–Trinajstić information content (AvgIpc) is 3.38. The highest BCUT2D eigenvalue weighted by atomic mass is 35.5. The average molecular weight is 393 g/mol. The van der Waals surface area contributed by atoms with Crippen LogP contribution in [0.2, 0.25) is 10.0 Å². The Kier molecular flexibility index (Phi) is 5.39. The van der Waals surface area contributed by atoms with Crippen LogP contribution in [-0.2, 0) is 9.59 Å². The number of amides is 2. The van der Waals surface area contributed by atoms with Crippen molar-refractivity contribution in [3.63, 3.8) is 0 Å². The SMILES string of the molecule is CCOc1ccccc1NC(=O)C1(C(=O)Nc2cc(Cl)cc(Cl)c2)CC1. The number of rotatable bonds is 6. The Morgan fingerprint density at radius 2 is 1.65 bits per heavy atom. The minimum absolute atomic E-state index is 0.352. The molecule has 1 aliphatic rings. The van der Waals surface area contributed by atoms with Crippen molar-refractivity contribution in [2.45, 2.75) is 19.8 Å². The summed E-state index contributed by atoms with van der Waals surface area (Å²) in [4.78, 5) is 25.4. The Morgan fingerprint density at radius 1 is 1.04 bits per heavy atom. The number of benzene rings is 2. The van der Waals surface area contributed by atoms with E-state index in [0.29, 0.717) is 46.6 Å². The molecule has 0 atom stereocenters. The Hall–Kier alpha value is -2.24. The lowest BCUT2D eigenvalue weighted by Crippen LogP contribution is -2.35. The predicted molar refractivity (Wildman–Crippen MR) is 103 cm³/mol. The molecule has 0 spiro atoms. The third-order valence-corrected chi connectivity index (χ3v) is 4.61. The van der Waals surface area contributed by atoms with Gasteiger partial charge in [-0.15, -0.1) is 0 Å². The van der Waals surface area contributed by atoms with E-state index >= 15 is 0 Å².